The van der Waals surface area contributed by atoms with Gasteiger partial charge in [0.05, 0.1) is 12.0 Å². The lowest BCUT2D eigenvalue weighted by molar-refractivity contribution is -0.126. The molecule has 0 aromatic heterocycles. The second kappa shape index (κ2) is 4.68. The molecule has 80 valence electrons. The molecule has 15 heavy (non-hydrogen) atoms. The first-order chi connectivity index (χ1) is 6.99. The fourth-order valence-electron chi connectivity index (χ4n) is 1.05. The van der Waals surface area contributed by atoms with E-state index >= 15 is 0 Å². The number of aliphatic imine (C=N–C) groups is 1. The van der Waals surface area contributed by atoms with Gasteiger partial charge in [0.25, 0.3) is 0 Å². The summed E-state index contributed by atoms with van der Waals surface area (Å²) in [5.74, 6) is -0.355. The zero-order chi connectivity index (χ0) is 11.3. The highest BCUT2D eigenvalue weighted by atomic mass is 16.2. The van der Waals surface area contributed by atoms with Crippen LogP contribution in [0.1, 0.15) is 20.3 Å². The SMILES string of the molecule is CC1(C)C=CC=N1.O=C1C=CNC(=O)C1. The Morgan fingerprint density at radius 3 is 2.40 bits per heavy atom. The van der Waals surface area contributed by atoms with Gasteiger partial charge in [0.2, 0.25) is 5.91 Å². The van der Waals surface area contributed by atoms with Gasteiger partial charge < -0.3 is 5.32 Å². The summed E-state index contributed by atoms with van der Waals surface area (Å²) in [4.78, 5) is 24.7. The first-order valence-electron chi connectivity index (χ1n) is 4.71. The number of carbonyl (C=O) groups excluding carboxylic acids is 2. The first-order valence-corrected chi connectivity index (χ1v) is 4.71. The molecule has 0 fully saturated rings. The van der Waals surface area contributed by atoms with Gasteiger partial charge in [-0.1, -0.05) is 6.08 Å². The maximum atomic E-state index is 10.3. The lowest BCUT2D eigenvalue weighted by Gasteiger charge is -2.07. The molecule has 2 aliphatic heterocycles. The molecule has 0 saturated carbocycles. The summed E-state index contributed by atoms with van der Waals surface area (Å²) in [6, 6.07) is 0. The molecule has 0 unspecified atom stereocenters. The van der Waals surface area contributed by atoms with E-state index in [9.17, 15) is 9.59 Å². The smallest absolute Gasteiger partial charge is 0.231 e. The Morgan fingerprint density at radius 1 is 1.40 bits per heavy atom. The molecule has 2 heterocycles. The molecule has 0 spiro atoms. The summed E-state index contributed by atoms with van der Waals surface area (Å²) in [7, 11) is 0. The van der Waals surface area contributed by atoms with Crippen LogP contribution < -0.4 is 5.32 Å². The van der Waals surface area contributed by atoms with E-state index in [1.165, 1.54) is 12.3 Å². The second-order valence-electron chi connectivity index (χ2n) is 3.83. The maximum absolute atomic E-state index is 10.3. The van der Waals surface area contributed by atoms with Crippen LogP contribution in [-0.2, 0) is 9.59 Å². The minimum atomic E-state index is -0.225. The van der Waals surface area contributed by atoms with Crippen LogP contribution in [0.25, 0.3) is 0 Å². The van der Waals surface area contributed by atoms with E-state index in [1.54, 1.807) is 0 Å². The van der Waals surface area contributed by atoms with Crippen molar-refractivity contribution in [3.63, 3.8) is 0 Å². The molecular weight excluding hydrogens is 192 g/mol. The number of nitrogens with zero attached hydrogens (tertiary/aromatic N) is 1. The summed E-state index contributed by atoms with van der Waals surface area (Å²) in [5, 5.41) is 2.37. The zero-order valence-corrected chi connectivity index (χ0v) is 8.86. The molecule has 1 N–H and O–H groups in total. The molecular formula is C11H14N2O2. The summed E-state index contributed by atoms with van der Waals surface area (Å²) in [6.07, 6.45) is 8.58. The van der Waals surface area contributed by atoms with Crippen molar-refractivity contribution >= 4 is 17.9 Å². The first kappa shape index (κ1) is 11.4. The van der Waals surface area contributed by atoms with Crippen LogP contribution in [-0.4, -0.2) is 23.4 Å². The van der Waals surface area contributed by atoms with Crippen molar-refractivity contribution in [2.75, 3.05) is 0 Å². The van der Waals surface area contributed by atoms with E-state index in [0.29, 0.717) is 0 Å². The molecule has 0 aliphatic carbocycles. The number of nitrogens with one attached hydrogen (secondary N) is 1. The molecule has 0 saturated heterocycles. The molecule has 2 aliphatic rings. The second-order valence-corrected chi connectivity index (χ2v) is 3.83. The van der Waals surface area contributed by atoms with Crippen molar-refractivity contribution in [1.29, 1.82) is 0 Å². The molecule has 0 radical (unpaired) electrons. The monoisotopic (exact) mass is 206 g/mol. The highest BCUT2D eigenvalue weighted by Crippen LogP contribution is 2.12. The van der Waals surface area contributed by atoms with E-state index in [0.717, 1.165) is 0 Å². The Labute approximate surface area is 88.8 Å². The number of hydrogen-bond donors (Lipinski definition) is 1. The summed E-state index contributed by atoms with van der Waals surface area (Å²) >= 11 is 0. The Kier molecular flexibility index (Phi) is 3.55. The fraction of sp³-hybridized carbons (Fsp3) is 0.364. The molecule has 2 rings (SSSR count). The maximum Gasteiger partial charge on any atom is 0.231 e. The Bertz CT molecular complexity index is 338. The van der Waals surface area contributed by atoms with E-state index in [-0.39, 0.29) is 23.7 Å². The topological polar surface area (TPSA) is 58.5 Å². The molecule has 0 aromatic carbocycles. The summed E-state index contributed by atoms with van der Waals surface area (Å²) < 4.78 is 0. The standard InChI is InChI=1S/C6H9N.C5H5NO2/c1-6(2)4-3-5-7-6;7-4-1-2-6-5(8)3-4/h3-5H,1-2H3;1-2H,3H2,(H,6,8). The largest absolute Gasteiger partial charge is 0.332 e. The van der Waals surface area contributed by atoms with E-state index < -0.39 is 0 Å². The third-order valence-corrected chi connectivity index (χ3v) is 1.85. The Hall–Kier alpha value is -1.71. The average molecular weight is 206 g/mol. The third-order valence-electron chi connectivity index (χ3n) is 1.85. The van der Waals surface area contributed by atoms with Gasteiger partial charge in [-0.05, 0) is 26.0 Å². The molecule has 4 heteroatoms. The van der Waals surface area contributed by atoms with Crippen molar-refractivity contribution < 1.29 is 9.59 Å². The summed E-state index contributed by atoms with van der Waals surface area (Å²) in [6.45, 7) is 4.15. The Morgan fingerprint density at radius 2 is 2.13 bits per heavy atom. The highest BCUT2D eigenvalue weighted by Gasteiger charge is 2.11. The predicted molar refractivity (Wildman–Crippen MR) is 58.6 cm³/mol. The lowest BCUT2D eigenvalue weighted by Crippen LogP contribution is -2.24. The number of ketones is 1. The van der Waals surface area contributed by atoms with Gasteiger partial charge in [0, 0.05) is 12.4 Å². The van der Waals surface area contributed by atoms with Gasteiger partial charge in [-0.25, -0.2) is 0 Å². The predicted octanol–water partition coefficient (Wildman–Crippen LogP) is 0.995. The van der Waals surface area contributed by atoms with Gasteiger partial charge >= 0.3 is 0 Å². The number of rotatable bonds is 0. The van der Waals surface area contributed by atoms with Gasteiger partial charge in [-0.15, -0.1) is 0 Å². The van der Waals surface area contributed by atoms with E-state index in [4.69, 9.17) is 0 Å². The number of allylic oxidation sites excluding steroid dienone is 2. The van der Waals surface area contributed by atoms with Crippen LogP contribution in [0, 0.1) is 0 Å². The molecule has 1 amide bonds. The lowest BCUT2D eigenvalue weighted by atomic mass is 10.1. The molecule has 0 aromatic rings. The van der Waals surface area contributed by atoms with Crippen molar-refractivity contribution in [3.8, 4) is 0 Å². The Balaban J connectivity index is 0.000000151. The van der Waals surface area contributed by atoms with Crippen molar-refractivity contribution in [1.82, 2.24) is 5.32 Å². The van der Waals surface area contributed by atoms with Crippen molar-refractivity contribution in [2.24, 2.45) is 4.99 Å². The molecule has 0 atom stereocenters. The van der Waals surface area contributed by atoms with Crippen LogP contribution in [0.4, 0.5) is 0 Å². The zero-order valence-electron chi connectivity index (χ0n) is 8.86. The van der Waals surface area contributed by atoms with Crippen LogP contribution in [0.3, 0.4) is 0 Å². The molecule has 0 bridgehead atoms. The van der Waals surface area contributed by atoms with Crippen molar-refractivity contribution in [3.05, 3.63) is 24.4 Å². The minimum absolute atomic E-state index is 0.00347. The van der Waals surface area contributed by atoms with E-state index in [1.807, 2.05) is 12.3 Å². The normalized spacial score (nSPS) is 20.9. The van der Waals surface area contributed by atoms with E-state index in [2.05, 4.69) is 30.2 Å². The molecule has 4 nitrogen and oxygen atoms in total. The van der Waals surface area contributed by atoms with Crippen LogP contribution in [0.15, 0.2) is 29.4 Å². The number of carbonyl (C=O) groups is 2. The van der Waals surface area contributed by atoms with Crippen molar-refractivity contribution in [2.45, 2.75) is 25.8 Å². The van der Waals surface area contributed by atoms with Gasteiger partial charge in [0.1, 0.15) is 0 Å². The summed E-state index contributed by atoms with van der Waals surface area (Å²) in [5.41, 5.74) is 0.0833. The van der Waals surface area contributed by atoms with Gasteiger partial charge in [-0.2, -0.15) is 0 Å². The van der Waals surface area contributed by atoms with Crippen LogP contribution in [0.5, 0.6) is 0 Å². The van der Waals surface area contributed by atoms with Crippen LogP contribution in [0.2, 0.25) is 0 Å². The number of amides is 1. The fourth-order valence-corrected chi connectivity index (χ4v) is 1.05. The van der Waals surface area contributed by atoms with Gasteiger partial charge in [-0.3, -0.25) is 14.6 Å². The van der Waals surface area contributed by atoms with Crippen LogP contribution >= 0.6 is 0 Å². The quantitative estimate of drug-likeness (QED) is 0.601. The minimum Gasteiger partial charge on any atom is -0.332 e. The average Bonchev–Trinajstić information content (AvgIpc) is 2.50. The highest BCUT2D eigenvalue weighted by molar-refractivity contribution is 6.06. The number of hydrogen-bond acceptors (Lipinski definition) is 3. The third kappa shape index (κ3) is 4.35. The van der Waals surface area contributed by atoms with Gasteiger partial charge in [0.15, 0.2) is 5.78 Å².